The Morgan fingerprint density at radius 3 is 1.78 bits per heavy atom. The highest BCUT2D eigenvalue weighted by Crippen LogP contribution is 1.89. The van der Waals surface area contributed by atoms with Crippen LogP contribution in [0.2, 0.25) is 0 Å². The lowest BCUT2D eigenvalue weighted by atomic mass is 10.4. The second kappa shape index (κ2) is 21.6. The van der Waals surface area contributed by atoms with Crippen molar-refractivity contribution in [3.8, 4) is 0 Å². The first-order chi connectivity index (χ1) is 12.7. The van der Waals surface area contributed by atoms with E-state index < -0.39 is 30.1 Å². The molecule has 0 saturated heterocycles. The molecule has 27 heavy (non-hydrogen) atoms. The minimum absolute atomic E-state index is 0.0326. The van der Waals surface area contributed by atoms with Crippen molar-refractivity contribution < 1.29 is 43.9 Å². The summed E-state index contributed by atoms with van der Waals surface area (Å²) >= 11 is 0. The summed E-state index contributed by atoms with van der Waals surface area (Å²) in [5, 5.41) is 25.2. The molecule has 0 aromatic carbocycles. The van der Waals surface area contributed by atoms with Gasteiger partial charge in [0, 0.05) is 31.3 Å². The lowest BCUT2D eigenvalue weighted by Gasteiger charge is -2.06. The monoisotopic (exact) mass is 390 g/mol. The molecule has 0 radical (unpaired) electrons. The topological polar surface area (TPSA) is 140 Å². The third kappa shape index (κ3) is 28.6. The van der Waals surface area contributed by atoms with Gasteiger partial charge in [-0.3, -0.25) is 0 Å². The van der Waals surface area contributed by atoms with Crippen LogP contribution in [-0.2, 0) is 28.6 Å². The number of hydrogen-bond donors (Lipinski definition) is 3. The minimum Gasteiger partial charge on any atom is -0.462 e. The van der Waals surface area contributed by atoms with Crippen molar-refractivity contribution in [1.82, 2.24) is 0 Å². The van der Waals surface area contributed by atoms with E-state index in [4.69, 9.17) is 15.3 Å². The molecule has 0 aliphatic heterocycles. The molecule has 0 rings (SSSR count). The number of carbonyl (C=O) groups is 3. The Labute approximate surface area is 159 Å². The van der Waals surface area contributed by atoms with Crippen LogP contribution in [0.5, 0.6) is 0 Å². The quantitative estimate of drug-likeness (QED) is 0.208. The van der Waals surface area contributed by atoms with Gasteiger partial charge in [0.2, 0.25) is 0 Å². The van der Waals surface area contributed by atoms with Crippen LogP contribution >= 0.6 is 0 Å². The Hall–Kier alpha value is -2.49. The van der Waals surface area contributed by atoms with E-state index in [-0.39, 0.29) is 26.4 Å². The van der Waals surface area contributed by atoms with Gasteiger partial charge < -0.3 is 29.5 Å². The van der Waals surface area contributed by atoms with Gasteiger partial charge in [0.1, 0.15) is 12.7 Å². The molecule has 0 aliphatic carbocycles. The van der Waals surface area contributed by atoms with Gasteiger partial charge in [0.25, 0.3) is 0 Å². The van der Waals surface area contributed by atoms with Gasteiger partial charge in [-0.25, -0.2) is 14.4 Å². The van der Waals surface area contributed by atoms with Gasteiger partial charge in [-0.1, -0.05) is 19.7 Å². The SMILES string of the molecule is C=CC(=O)OC(C)CO.C=CC(=O)OCC(C)O.C=CC(=O)OCCCO. The smallest absolute Gasteiger partial charge is 0.330 e. The molecule has 0 amide bonds. The Bertz CT molecular complexity index is 444. The first kappa shape index (κ1) is 29.3. The first-order valence-corrected chi connectivity index (χ1v) is 7.99. The third-order valence-electron chi connectivity index (χ3n) is 2.09. The summed E-state index contributed by atoms with van der Waals surface area (Å²) in [6, 6.07) is 0. The molecular weight excluding hydrogens is 360 g/mol. The van der Waals surface area contributed by atoms with E-state index in [9.17, 15) is 14.4 Å². The maximum atomic E-state index is 10.3. The zero-order valence-corrected chi connectivity index (χ0v) is 15.8. The fraction of sp³-hybridized carbons (Fsp3) is 0.500. The summed E-state index contributed by atoms with van der Waals surface area (Å²) in [6.45, 7) is 12.9. The maximum absolute atomic E-state index is 10.3. The maximum Gasteiger partial charge on any atom is 0.330 e. The molecule has 0 bridgehead atoms. The van der Waals surface area contributed by atoms with Crippen LogP contribution in [-0.4, -0.2) is 71.9 Å². The van der Waals surface area contributed by atoms with Crippen LogP contribution in [0.15, 0.2) is 38.0 Å². The number of ether oxygens (including phenoxy) is 3. The number of aliphatic hydroxyl groups excluding tert-OH is 3. The van der Waals surface area contributed by atoms with Crippen LogP contribution in [0.25, 0.3) is 0 Å². The summed E-state index contributed by atoms with van der Waals surface area (Å²) < 4.78 is 13.5. The van der Waals surface area contributed by atoms with Crippen LogP contribution < -0.4 is 0 Å². The molecule has 0 spiro atoms. The van der Waals surface area contributed by atoms with E-state index in [0.717, 1.165) is 18.2 Å². The predicted molar refractivity (Wildman–Crippen MR) is 98.5 cm³/mol. The first-order valence-electron chi connectivity index (χ1n) is 7.99. The minimum atomic E-state index is -0.603. The van der Waals surface area contributed by atoms with Crippen molar-refractivity contribution in [1.29, 1.82) is 0 Å². The fourth-order valence-corrected chi connectivity index (χ4v) is 0.842. The molecule has 0 aromatic heterocycles. The number of carbonyl (C=O) groups excluding carboxylic acids is 3. The van der Waals surface area contributed by atoms with E-state index in [0.29, 0.717) is 6.42 Å². The number of esters is 3. The Morgan fingerprint density at radius 2 is 1.41 bits per heavy atom. The highest BCUT2D eigenvalue weighted by molar-refractivity contribution is 5.81. The average molecular weight is 390 g/mol. The van der Waals surface area contributed by atoms with Crippen LogP contribution in [0.3, 0.4) is 0 Å². The fourth-order valence-electron chi connectivity index (χ4n) is 0.842. The molecule has 2 unspecified atom stereocenters. The van der Waals surface area contributed by atoms with Gasteiger partial charge >= 0.3 is 17.9 Å². The van der Waals surface area contributed by atoms with Gasteiger partial charge in [0.05, 0.1) is 19.3 Å². The summed E-state index contributed by atoms with van der Waals surface area (Å²) in [6.07, 6.45) is 2.66. The summed E-state index contributed by atoms with van der Waals surface area (Å²) in [7, 11) is 0. The highest BCUT2D eigenvalue weighted by atomic mass is 16.6. The van der Waals surface area contributed by atoms with Crippen LogP contribution in [0.1, 0.15) is 20.3 Å². The summed E-state index contributed by atoms with van der Waals surface area (Å²) in [4.78, 5) is 30.9. The molecule has 9 nitrogen and oxygen atoms in total. The number of rotatable bonds is 10. The Balaban J connectivity index is -0.000000320. The lowest BCUT2D eigenvalue weighted by Crippen LogP contribution is -2.16. The van der Waals surface area contributed by atoms with Crippen molar-refractivity contribution in [2.45, 2.75) is 32.5 Å². The van der Waals surface area contributed by atoms with Crippen LogP contribution in [0.4, 0.5) is 0 Å². The standard InChI is InChI=1S/3C6H10O3/c1-3-6(8)9-4-5(2)7;1-3-6(8)9-5(2)4-7;1-2-6(8)9-5-3-4-7/h2*3,5,7H,1,4H2,2H3;2,7H,1,3-5H2. The third-order valence-corrected chi connectivity index (χ3v) is 2.09. The van der Waals surface area contributed by atoms with E-state index >= 15 is 0 Å². The van der Waals surface area contributed by atoms with E-state index in [1.54, 1.807) is 6.92 Å². The molecule has 0 fully saturated rings. The normalized spacial score (nSPS) is 11.0. The molecular formula is C18H30O9. The lowest BCUT2D eigenvalue weighted by molar-refractivity contribution is -0.144. The van der Waals surface area contributed by atoms with E-state index in [1.165, 1.54) is 6.92 Å². The van der Waals surface area contributed by atoms with Crippen molar-refractivity contribution in [2.75, 3.05) is 26.4 Å². The van der Waals surface area contributed by atoms with Crippen LogP contribution in [0, 0.1) is 0 Å². The zero-order valence-electron chi connectivity index (χ0n) is 15.8. The molecule has 9 heteroatoms. The molecule has 0 aliphatic rings. The Morgan fingerprint density at radius 1 is 0.926 bits per heavy atom. The van der Waals surface area contributed by atoms with Crippen molar-refractivity contribution in [3.05, 3.63) is 38.0 Å². The molecule has 0 aromatic rings. The van der Waals surface area contributed by atoms with E-state index in [1.807, 2.05) is 0 Å². The second-order valence-corrected chi connectivity index (χ2v) is 4.77. The average Bonchev–Trinajstić information content (AvgIpc) is 2.66. The number of aliphatic hydroxyl groups is 3. The van der Waals surface area contributed by atoms with Crippen molar-refractivity contribution in [2.24, 2.45) is 0 Å². The van der Waals surface area contributed by atoms with Gasteiger partial charge in [-0.05, 0) is 13.8 Å². The van der Waals surface area contributed by atoms with Gasteiger partial charge in [-0.15, -0.1) is 0 Å². The number of hydrogen-bond acceptors (Lipinski definition) is 9. The van der Waals surface area contributed by atoms with E-state index in [2.05, 4.69) is 33.9 Å². The van der Waals surface area contributed by atoms with Gasteiger partial charge in [0.15, 0.2) is 0 Å². The van der Waals surface area contributed by atoms with Crippen molar-refractivity contribution >= 4 is 17.9 Å². The predicted octanol–water partition coefficient (Wildman–Crippen LogP) is 0.291. The Kier molecular flexibility index (Phi) is 23.4. The molecule has 0 saturated carbocycles. The van der Waals surface area contributed by atoms with Crippen molar-refractivity contribution in [3.63, 3.8) is 0 Å². The molecule has 156 valence electrons. The highest BCUT2D eigenvalue weighted by Gasteiger charge is 2.02. The summed E-state index contributed by atoms with van der Waals surface area (Å²) in [5.41, 5.74) is 0. The van der Waals surface area contributed by atoms with Gasteiger partial charge in [-0.2, -0.15) is 0 Å². The molecule has 2 atom stereocenters. The molecule has 0 heterocycles. The second-order valence-electron chi connectivity index (χ2n) is 4.77. The zero-order chi connectivity index (χ0) is 21.7. The molecule has 3 N–H and O–H groups in total. The largest absolute Gasteiger partial charge is 0.462 e. The summed E-state index contributed by atoms with van der Waals surface area (Å²) in [5.74, 6) is -1.45.